The molecule has 0 aliphatic heterocycles. The van der Waals surface area contributed by atoms with E-state index in [0.29, 0.717) is 12.5 Å². The van der Waals surface area contributed by atoms with Crippen LogP contribution in [0.25, 0.3) is 0 Å². The van der Waals surface area contributed by atoms with E-state index in [2.05, 4.69) is 19.2 Å². The molecule has 4 heteroatoms. The van der Waals surface area contributed by atoms with Gasteiger partial charge in [-0.15, -0.1) is 0 Å². The van der Waals surface area contributed by atoms with E-state index in [1.54, 1.807) is 0 Å². The monoisotopic (exact) mass is 269 g/mol. The molecule has 0 atom stereocenters. The van der Waals surface area contributed by atoms with Crippen LogP contribution >= 0.6 is 0 Å². The average Bonchev–Trinajstić information content (AvgIpc) is 2.23. The molecule has 0 radical (unpaired) electrons. The first-order valence-corrected chi connectivity index (χ1v) is 8.20. The molecule has 1 rings (SSSR count). The Hall–Kier alpha value is -0.870. The summed E-state index contributed by atoms with van der Waals surface area (Å²) in [6.07, 6.45) is 0.673. The quantitative estimate of drug-likeness (QED) is 0.773. The molecule has 1 aromatic rings. The molecule has 102 valence electrons. The summed E-state index contributed by atoms with van der Waals surface area (Å²) in [4.78, 5) is 0. The summed E-state index contributed by atoms with van der Waals surface area (Å²) in [5.41, 5.74) is 1.98. The molecule has 0 spiro atoms. The van der Waals surface area contributed by atoms with Gasteiger partial charge in [-0.2, -0.15) is 0 Å². The first-order chi connectivity index (χ1) is 8.39. The molecule has 0 bridgehead atoms. The summed E-state index contributed by atoms with van der Waals surface area (Å²) < 4.78 is 23.9. The fourth-order valence-corrected chi connectivity index (χ4v) is 3.23. The van der Waals surface area contributed by atoms with Gasteiger partial charge in [-0.05, 0) is 25.5 Å². The molecular formula is C14H23NO2S. The highest BCUT2D eigenvalue weighted by Gasteiger charge is 2.11. The smallest absolute Gasteiger partial charge is 0.154 e. The van der Waals surface area contributed by atoms with E-state index in [1.807, 2.05) is 31.2 Å². The number of hydrogen-bond acceptors (Lipinski definition) is 3. The summed E-state index contributed by atoms with van der Waals surface area (Å²) >= 11 is 0. The molecule has 0 heterocycles. The molecule has 0 unspecified atom stereocenters. The lowest BCUT2D eigenvalue weighted by atomic mass is 10.2. The van der Waals surface area contributed by atoms with E-state index in [-0.39, 0.29) is 11.5 Å². The van der Waals surface area contributed by atoms with E-state index < -0.39 is 9.84 Å². The third kappa shape index (κ3) is 6.17. The molecule has 0 amide bonds. The second-order valence-corrected chi connectivity index (χ2v) is 7.23. The lowest BCUT2D eigenvalue weighted by Gasteiger charge is -2.08. The van der Waals surface area contributed by atoms with Crippen molar-refractivity contribution in [3.05, 3.63) is 35.4 Å². The molecule has 1 N–H and O–H groups in total. The van der Waals surface area contributed by atoms with Crippen LogP contribution < -0.4 is 5.32 Å². The maximum Gasteiger partial charge on any atom is 0.154 e. The van der Waals surface area contributed by atoms with Crippen LogP contribution in [0.4, 0.5) is 0 Å². The zero-order chi connectivity index (χ0) is 13.6. The van der Waals surface area contributed by atoms with Crippen LogP contribution in [0.15, 0.2) is 24.3 Å². The van der Waals surface area contributed by atoms with Crippen LogP contribution in [0.2, 0.25) is 0 Å². The Morgan fingerprint density at radius 3 is 2.61 bits per heavy atom. The number of sulfone groups is 1. The van der Waals surface area contributed by atoms with Crippen LogP contribution in [0.5, 0.6) is 0 Å². The van der Waals surface area contributed by atoms with E-state index >= 15 is 0 Å². The average molecular weight is 269 g/mol. The van der Waals surface area contributed by atoms with Gasteiger partial charge in [-0.1, -0.05) is 43.7 Å². The number of nitrogens with one attached hydrogen (secondary N) is 1. The fourth-order valence-electron chi connectivity index (χ4n) is 1.81. The highest BCUT2D eigenvalue weighted by atomic mass is 32.2. The topological polar surface area (TPSA) is 46.2 Å². The predicted molar refractivity (Wildman–Crippen MR) is 76.4 cm³/mol. The second kappa shape index (κ2) is 6.90. The SMILES string of the molecule is Cc1cccc(CS(=O)(=O)CCCNC(C)C)c1. The summed E-state index contributed by atoms with van der Waals surface area (Å²) in [7, 11) is -2.99. The number of hydrogen-bond donors (Lipinski definition) is 1. The molecule has 0 saturated carbocycles. The Kier molecular flexibility index (Phi) is 5.82. The van der Waals surface area contributed by atoms with Crippen molar-refractivity contribution in [1.29, 1.82) is 0 Å². The van der Waals surface area contributed by atoms with Gasteiger partial charge in [0, 0.05) is 6.04 Å². The van der Waals surface area contributed by atoms with E-state index in [4.69, 9.17) is 0 Å². The van der Waals surface area contributed by atoms with Gasteiger partial charge in [-0.25, -0.2) is 8.42 Å². The molecule has 0 aliphatic carbocycles. The molecule has 0 aliphatic rings. The largest absolute Gasteiger partial charge is 0.314 e. The summed E-state index contributed by atoms with van der Waals surface area (Å²) in [6, 6.07) is 8.09. The van der Waals surface area contributed by atoms with Crippen LogP contribution in [0, 0.1) is 6.92 Å². The number of benzene rings is 1. The van der Waals surface area contributed by atoms with Crippen molar-refractivity contribution in [3.8, 4) is 0 Å². The molecular weight excluding hydrogens is 246 g/mol. The van der Waals surface area contributed by atoms with Gasteiger partial charge in [0.05, 0.1) is 11.5 Å². The van der Waals surface area contributed by atoms with Crippen molar-refractivity contribution in [3.63, 3.8) is 0 Å². The lowest BCUT2D eigenvalue weighted by molar-refractivity contribution is 0.568. The van der Waals surface area contributed by atoms with Gasteiger partial charge in [0.1, 0.15) is 0 Å². The third-order valence-corrected chi connectivity index (χ3v) is 4.34. The van der Waals surface area contributed by atoms with Gasteiger partial charge in [-0.3, -0.25) is 0 Å². The molecule has 18 heavy (non-hydrogen) atoms. The molecule has 1 aromatic carbocycles. The van der Waals surface area contributed by atoms with Crippen LogP contribution in [-0.4, -0.2) is 26.8 Å². The highest BCUT2D eigenvalue weighted by molar-refractivity contribution is 7.90. The van der Waals surface area contributed by atoms with Gasteiger partial charge in [0.15, 0.2) is 9.84 Å². The Morgan fingerprint density at radius 2 is 2.00 bits per heavy atom. The Balaban J connectivity index is 2.45. The summed E-state index contributed by atoms with van der Waals surface area (Å²) in [6.45, 7) is 6.84. The van der Waals surface area contributed by atoms with Gasteiger partial charge in [0.2, 0.25) is 0 Å². The molecule has 0 aromatic heterocycles. The minimum absolute atomic E-state index is 0.149. The minimum Gasteiger partial charge on any atom is -0.314 e. The number of aryl methyl sites for hydroxylation is 1. The van der Waals surface area contributed by atoms with Gasteiger partial charge < -0.3 is 5.32 Å². The lowest BCUT2D eigenvalue weighted by Crippen LogP contribution is -2.25. The Labute approximate surface area is 111 Å². The minimum atomic E-state index is -2.99. The first-order valence-electron chi connectivity index (χ1n) is 6.38. The van der Waals surface area contributed by atoms with Crippen molar-refractivity contribution < 1.29 is 8.42 Å². The van der Waals surface area contributed by atoms with Crippen molar-refractivity contribution in [1.82, 2.24) is 5.32 Å². The van der Waals surface area contributed by atoms with Crippen molar-refractivity contribution in [2.75, 3.05) is 12.3 Å². The molecule has 0 saturated heterocycles. The first kappa shape index (κ1) is 15.2. The van der Waals surface area contributed by atoms with Crippen LogP contribution in [0.3, 0.4) is 0 Å². The zero-order valence-corrected chi connectivity index (χ0v) is 12.3. The summed E-state index contributed by atoms with van der Waals surface area (Å²) in [5.74, 6) is 0.400. The van der Waals surface area contributed by atoms with Crippen LogP contribution in [-0.2, 0) is 15.6 Å². The van der Waals surface area contributed by atoms with Crippen molar-refractivity contribution in [2.45, 2.75) is 39.0 Å². The Bertz CT molecular complexity index is 466. The maximum atomic E-state index is 11.9. The Morgan fingerprint density at radius 1 is 1.28 bits per heavy atom. The van der Waals surface area contributed by atoms with E-state index in [1.165, 1.54) is 0 Å². The fraction of sp³-hybridized carbons (Fsp3) is 0.571. The highest BCUT2D eigenvalue weighted by Crippen LogP contribution is 2.09. The predicted octanol–water partition coefficient (Wildman–Crippen LogP) is 2.30. The van der Waals surface area contributed by atoms with Crippen molar-refractivity contribution >= 4 is 9.84 Å². The summed E-state index contributed by atoms with van der Waals surface area (Å²) in [5, 5.41) is 3.23. The molecule has 0 fully saturated rings. The second-order valence-electron chi connectivity index (χ2n) is 5.04. The van der Waals surface area contributed by atoms with Crippen molar-refractivity contribution in [2.24, 2.45) is 0 Å². The standard InChI is InChI=1S/C14H23NO2S/c1-12(2)15-8-5-9-18(16,17)11-14-7-4-6-13(3)10-14/h4,6-7,10,12,15H,5,8-9,11H2,1-3H3. The normalized spacial score (nSPS) is 12.0. The maximum absolute atomic E-state index is 11.9. The van der Waals surface area contributed by atoms with Crippen LogP contribution in [0.1, 0.15) is 31.4 Å². The van der Waals surface area contributed by atoms with E-state index in [0.717, 1.165) is 17.7 Å². The van der Waals surface area contributed by atoms with Gasteiger partial charge in [0.25, 0.3) is 0 Å². The number of rotatable bonds is 7. The zero-order valence-electron chi connectivity index (χ0n) is 11.4. The molecule has 3 nitrogen and oxygen atoms in total. The van der Waals surface area contributed by atoms with Gasteiger partial charge >= 0.3 is 0 Å². The third-order valence-electron chi connectivity index (χ3n) is 2.65. The van der Waals surface area contributed by atoms with E-state index in [9.17, 15) is 8.42 Å².